The third-order valence-electron chi connectivity index (χ3n) is 10.8. The van der Waals surface area contributed by atoms with Crippen molar-refractivity contribution in [2.75, 3.05) is 13.7 Å². The number of carbonyl (C=O) groups is 2. The Balaban J connectivity index is 1.19. The number of methoxy groups -OCH3 is 1. The Bertz CT molecular complexity index is 1310. The molecule has 0 radical (unpaired) electrons. The summed E-state index contributed by atoms with van der Waals surface area (Å²) in [5.74, 6) is 0.0699. The Morgan fingerprint density at radius 2 is 1.95 bits per heavy atom. The van der Waals surface area contributed by atoms with Gasteiger partial charge in [-0.05, 0) is 97.7 Å². The number of nitro groups is 1. The number of hydrogen-bond donors (Lipinski definition) is 3. The molecule has 3 N–H and O–H groups in total. The molecule has 0 spiro atoms. The number of aliphatic hydroxyl groups is 1. The summed E-state index contributed by atoms with van der Waals surface area (Å²) in [4.78, 5) is 40.7. The molecule has 0 aromatic heterocycles. The molecule has 5 rings (SSSR count). The van der Waals surface area contributed by atoms with Crippen molar-refractivity contribution < 1.29 is 34.3 Å². The fraction of sp³-hybridized carbons (Fsp3) is 0.645. The third-order valence-corrected chi connectivity index (χ3v) is 10.8. The lowest BCUT2D eigenvalue weighted by molar-refractivity contribution is -0.385. The highest BCUT2D eigenvalue weighted by molar-refractivity contribution is 5.96. The topological polar surface area (TPSA) is 161 Å². The Morgan fingerprint density at radius 3 is 2.69 bits per heavy atom. The van der Waals surface area contributed by atoms with Gasteiger partial charge in [0.1, 0.15) is 6.04 Å². The van der Waals surface area contributed by atoms with Crippen molar-refractivity contribution in [3.05, 3.63) is 45.5 Å². The summed E-state index contributed by atoms with van der Waals surface area (Å²) in [7, 11) is 1.18. The standard InChI is InChI=1S/C31H41N3O8/c1-30-12-10-20(16-19(30)5-6-21-22-7-9-27(36)31(22,2)13-11-23(21)30)33-42-17-28(37)32-24(29(38)41-3)14-18-4-8-26(35)25(15-18)34(39)40/h4,8,15-16,21-24,27,35-36H,5-7,9-14,17H2,1-3H3,(H,32,37)/b33-20+/t21-,22-,23-,24+,27+,30-,31-/m0/s1. The van der Waals surface area contributed by atoms with E-state index in [4.69, 9.17) is 9.57 Å². The predicted octanol–water partition coefficient (Wildman–Crippen LogP) is 4.20. The second-order valence-corrected chi connectivity index (χ2v) is 12.9. The molecule has 0 aliphatic heterocycles. The van der Waals surface area contributed by atoms with Crippen LogP contribution in [0.4, 0.5) is 5.69 Å². The minimum atomic E-state index is -1.10. The number of phenols is 1. The number of benzene rings is 1. The van der Waals surface area contributed by atoms with Crippen LogP contribution in [-0.4, -0.2) is 58.6 Å². The molecule has 1 aromatic carbocycles. The lowest BCUT2D eigenvalue weighted by Gasteiger charge is -2.57. The van der Waals surface area contributed by atoms with Crippen LogP contribution >= 0.6 is 0 Å². The van der Waals surface area contributed by atoms with E-state index in [0.29, 0.717) is 23.3 Å². The number of nitrogens with zero attached hydrogens (tertiary/aromatic N) is 2. The van der Waals surface area contributed by atoms with Crippen LogP contribution in [0.1, 0.15) is 70.8 Å². The van der Waals surface area contributed by atoms with Crippen molar-refractivity contribution >= 4 is 23.3 Å². The number of ether oxygens (including phenoxy) is 1. The van der Waals surface area contributed by atoms with E-state index in [2.05, 4.69) is 30.4 Å². The van der Waals surface area contributed by atoms with Crippen LogP contribution in [0.15, 0.2) is 35.0 Å². The van der Waals surface area contributed by atoms with Gasteiger partial charge in [-0.25, -0.2) is 4.79 Å². The number of carbonyl (C=O) groups excluding carboxylic acids is 2. The van der Waals surface area contributed by atoms with Gasteiger partial charge in [0.15, 0.2) is 12.4 Å². The van der Waals surface area contributed by atoms with Crippen LogP contribution < -0.4 is 5.32 Å². The first kappa shape index (κ1) is 30.0. The molecule has 7 atom stereocenters. The van der Waals surface area contributed by atoms with Crippen LogP contribution in [0.3, 0.4) is 0 Å². The molecule has 42 heavy (non-hydrogen) atoms. The number of amides is 1. The van der Waals surface area contributed by atoms with E-state index in [1.165, 1.54) is 24.8 Å². The average molecular weight is 584 g/mol. The molecule has 1 amide bonds. The smallest absolute Gasteiger partial charge is 0.328 e. The minimum absolute atomic E-state index is 0.0589. The van der Waals surface area contributed by atoms with E-state index in [1.807, 2.05) is 0 Å². The number of phenolic OH excluding ortho intramolecular Hbond substituents is 1. The molecule has 3 fully saturated rings. The fourth-order valence-corrected chi connectivity index (χ4v) is 8.44. The van der Waals surface area contributed by atoms with E-state index in [-0.39, 0.29) is 23.4 Å². The molecule has 11 nitrogen and oxygen atoms in total. The van der Waals surface area contributed by atoms with Crippen molar-refractivity contribution in [1.29, 1.82) is 0 Å². The Morgan fingerprint density at radius 1 is 1.17 bits per heavy atom. The lowest BCUT2D eigenvalue weighted by atomic mass is 9.47. The van der Waals surface area contributed by atoms with E-state index in [9.17, 15) is 29.9 Å². The van der Waals surface area contributed by atoms with Gasteiger partial charge in [-0.1, -0.05) is 30.6 Å². The Labute approximate surface area is 245 Å². The third kappa shape index (κ3) is 5.50. The summed E-state index contributed by atoms with van der Waals surface area (Å²) >= 11 is 0. The summed E-state index contributed by atoms with van der Waals surface area (Å²) in [6.45, 7) is 4.29. The van der Waals surface area contributed by atoms with E-state index in [1.54, 1.807) is 0 Å². The van der Waals surface area contributed by atoms with Crippen LogP contribution in [-0.2, 0) is 25.6 Å². The zero-order valence-electron chi connectivity index (χ0n) is 24.5. The summed E-state index contributed by atoms with van der Waals surface area (Å²) in [6, 6.07) is 2.66. The predicted molar refractivity (Wildman–Crippen MR) is 154 cm³/mol. The molecule has 1 aromatic rings. The molecular weight excluding hydrogens is 542 g/mol. The monoisotopic (exact) mass is 583 g/mol. The van der Waals surface area contributed by atoms with Crippen LogP contribution in [0.5, 0.6) is 5.75 Å². The minimum Gasteiger partial charge on any atom is -0.502 e. The zero-order valence-corrected chi connectivity index (χ0v) is 24.5. The molecule has 0 heterocycles. The van der Waals surface area contributed by atoms with Gasteiger partial charge in [-0.3, -0.25) is 14.9 Å². The summed E-state index contributed by atoms with van der Waals surface area (Å²) < 4.78 is 4.79. The highest BCUT2D eigenvalue weighted by atomic mass is 16.6. The number of hydrogen-bond acceptors (Lipinski definition) is 9. The summed E-state index contributed by atoms with van der Waals surface area (Å²) in [5, 5.41) is 38.3. The van der Waals surface area contributed by atoms with Gasteiger partial charge < -0.3 is 25.1 Å². The molecule has 0 bridgehead atoms. The van der Waals surface area contributed by atoms with Crippen molar-refractivity contribution in [2.45, 2.75) is 83.8 Å². The van der Waals surface area contributed by atoms with Crippen molar-refractivity contribution in [3.63, 3.8) is 0 Å². The molecule has 0 unspecified atom stereocenters. The Kier molecular flexibility index (Phi) is 8.33. The molecule has 4 aliphatic rings. The first-order chi connectivity index (χ1) is 20.0. The zero-order chi connectivity index (χ0) is 30.2. The number of nitro benzene ring substituents is 1. The first-order valence-electron chi connectivity index (χ1n) is 14.9. The quantitative estimate of drug-likeness (QED) is 0.233. The van der Waals surface area contributed by atoms with E-state index >= 15 is 0 Å². The lowest BCUT2D eigenvalue weighted by Crippen LogP contribution is -2.51. The number of aromatic hydroxyl groups is 1. The number of fused-ring (bicyclic) bond motifs is 5. The highest BCUT2D eigenvalue weighted by Crippen LogP contribution is 2.65. The molecule has 4 aliphatic carbocycles. The molecule has 3 saturated carbocycles. The van der Waals surface area contributed by atoms with Crippen LogP contribution in [0, 0.1) is 38.7 Å². The van der Waals surface area contributed by atoms with E-state index < -0.39 is 40.9 Å². The van der Waals surface area contributed by atoms with E-state index in [0.717, 1.165) is 63.1 Å². The van der Waals surface area contributed by atoms with Crippen LogP contribution in [0.2, 0.25) is 0 Å². The van der Waals surface area contributed by atoms with Gasteiger partial charge in [-0.2, -0.15) is 0 Å². The van der Waals surface area contributed by atoms with Gasteiger partial charge in [0, 0.05) is 12.5 Å². The largest absolute Gasteiger partial charge is 0.502 e. The SMILES string of the molecule is COC(=O)[C@@H](Cc1ccc(O)c([N+](=O)[O-])c1)NC(=O)CO/N=C1/C=C2CC[C@H]3[C@@H]4CC[C@@H](O)[C@@]4(C)CC[C@@H]3[C@@]2(C)CC1. The second-order valence-electron chi connectivity index (χ2n) is 12.9. The number of esters is 1. The maximum atomic E-state index is 12.6. The number of rotatable bonds is 8. The van der Waals surface area contributed by atoms with Gasteiger partial charge in [0.25, 0.3) is 5.91 Å². The summed E-state index contributed by atoms with van der Waals surface area (Å²) in [5.41, 5.74) is 2.25. The maximum absolute atomic E-state index is 12.6. The van der Waals surface area contributed by atoms with Gasteiger partial charge in [0.05, 0.1) is 23.8 Å². The second kappa shape index (κ2) is 11.7. The molecule has 11 heteroatoms. The molecular formula is C31H41N3O8. The van der Waals surface area contributed by atoms with Crippen molar-refractivity contribution in [3.8, 4) is 5.75 Å². The average Bonchev–Trinajstić information content (AvgIpc) is 3.27. The maximum Gasteiger partial charge on any atom is 0.328 e. The normalized spacial score (nSPS) is 33.4. The van der Waals surface area contributed by atoms with Gasteiger partial charge >= 0.3 is 11.7 Å². The number of nitrogens with one attached hydrogen (secondary N) is 1. The van der Waals surface area contributed by atoms with Crippen molar-refractivity contribution in [1.82, 2.24) is 5.32 Å². The number of oxime groups is 1. The highest BCUT2D eigenvalue weighted by Gasteiger charge is 2.58. The molecule has 0 saturated heterocycles. The first-order valence-corrected chi connectivity index (χ1v) is 14.9. The van der Waals surface area contributed by atoms with Gasteiger partial charge in [0.2, 0.25) is 0 Å². The van der Waals surface area contributed by atoms with Crippen LogP contribution in [0.25, 0.3) is 0 Å². The van der Waals surface area contributed by atoms with Gasteiger partial charge in [-0.15, -0.1) is 0 Å². The number of aliphatic hydroxyl groups excluding tert-OH is 1. The Hall–Kier alpha value is -3.47. The fourth-order valence-electron chi connectivity index (χ4n) is 8.44. The van der Waals surface area contributed by atoms with Crippen molar-refractivity contribution in [2.24, 2.45) is 33.7 Å². The number of allylic oxidation sites excluding steroid dienone is 2. The molecule has 228 valence electrons. The summed E-state index contributed by atoms with van der Waals surface area (Å²) in [6.07, 6.45) is 10.0.